The lowest BCUT2D eigenvalue weighted by molar-refractivity contribution is -0.0260. The van der Waals surface area contributed by atoms with Crippen LogP contribution < -0.4 is 0 Å². The Labute approximate surface area is 297 Å². The number of benzene rings is 2. The highest BCUT2D eigenvalue weighted by molar-refractivity contribution is 5.79. The summed E-state index contributed by atoms with van der Waals surface area (Å²) in [5, 5.41) is 0. The van der Waals surface area contributed by atoms with Gasteiger partial charge in [0, 0.05) is 26.6 Å². The Morgan fingerprint density at radius 1 is 0.500 bits per heavy atom. The summed E-state index contributed by atoms with van der Waals surface area (Å²) in [6.07, 6.45) is -0.363. The number of hydrogen-bond acceptors (Lipinski definition) is 12. The van der Waals surface area contributed by atoms with Crippen molar-refractivity contribution < 1.29 is 56.9 Å². The number of methoxy groups -OCH3 is 1. The van der Waals surface area contributed by atoms with Gasteiger partial charge in [0.15, 0.2) is 0 Å². The summed E-state index contributed by atoms with van der Waals surface area (Å²) < 4.78 is 59.9. The van der Waals surface area contributed by atoms with Gasteiger partial charge in [0.1, 0.15) is 6.61 Å². The van der Waals surface area contributed by atoms with Crippen molar-refractivity contribution in [2.75, 3.05) is 153 Å². The lowest BCUT2D eigenvalue weighted by Gasteiger charge is -2.19. The summed E-state index contributed by atoms with van der Waals surface area (Å²) in [7, 11) is 3.36. The average molecular weight is 708 g/mol. The van der Waals surface area contributed by atoms with Crippen LogP contribution >= 0.6 is 0 Å². The quantitative estimate of drug-likeness (QED) is 0.103. The van der Waals surface area contributed by atoms with Crippen LogP contribution in [0.25, 0.3) is 11.1 Å². The Morgan fingerprint density at radius 2 is 0.820 bits per heavy atom. The highest BCUT2D eigenvalue weighted by Gasteiger charge is 2.29. The molecule has 13 nitrogen and oxygen atoms in total. The summed E-state index contributed by atoms with van der Waals surface area (Å²) in [6, 6.07) is 16.6. The molecule has 0 saturated carbocycles. The van der Waals surface area contributed by atoms with Gasteiger partial charge in [-0.2, -0.15) is 0 Å². The van der Waals surface area contributed by atoms with E-state index in [9.17, 15) is 4.79 Å². The van der Waals surface area contributed by atoms with Crippen LogP contribution in [0.2, 0.25) is 0 Å². The molecule has 50 heavy (non-hydrogen) atoms. The average Bonchev–Trinajstić information content (AvgIpc) is 3.46. The van der Waals surface area contributed by atoms with Gasteiger partial charge in [0.25, 0.3) is 0 Å². The molecule has 1 aliphatic rings. The van der Waals surface area contributed by atoms with Crippen molar-refractivity contribution >= 4 is 6.09 Å². The third-order valence-electron chi connectivity index (χ3n) is 7.63. The number of rotatable bonds is 32. The molecule has 0 unspecified atom stereocenters. The predicted molar refractivity (Wildman–Crippen MR) is 187 cm³/mol. The molecule has 0 saturated heterocycles. The zero-order valence-corrected chi connectivity index (χ0v) is 29.9. The summed E-state index contributed by atoms with van der Waals surface area (Å²) in [6.45, 7) is 10.3. The van der Waals surface area contributed by atoms with E-state index < -0.39 is 0 Å². The summed E-state index contributed by atoms with van der Waals surface area (Å²) in [4.78, 5) is 14.1. The molecule has 3 rings (SSSR count). The minimum Gasteiger partial charge on any atom is -0.448 e. The zero-order chi connectivity index (χ0) is 35.3. The number of fused-ring (bicyclic) bond motifs is 3. The molecule has 1 aliphatic carbocycles. The highest BCUT2D eigenvalue weighted by atomic mass is 16.6. The van der Waals surface area contributed by atoms with Gasteiger partial charge in [-0.25, -0.2) is 4.79 Å². The Bertz CT molecular complexity index is 1090. The van der Waals surface area contributed by atoms with E-state index in [2.05, 4.69) is 24.3 Å². The first-order chi connectivity index (χ1) is 24.7. The minimum atomic E-state index is -0.363. The van der Waals surface area contributed by atoms with Gasteiger partial charge in [-0.1, -0.05) is 48.5 Å². The zero-order valence-electron chi connectivity index (χ0n) is 29.9. The Kier molecular flexibility index (Phi) is 23.3. The van der Waals surface area contributed by atoms with E-state index >= 15 is 0 Å². The molecule has 0 N–H and O–H groups in total. The lowest BCUT2D eigenvalue weighted by Crippen LogP contribution is -2.32. The monoisotopic (exact) mass is 707 g/mol. The molecule has 0 heterocycles. The van der Waals surface area contributed by atoms with E-state index in [-0.39, 0.29) is 12.0 Å². The molecular formula is C37H57NO12. The molecular weight excluding hydrogens is 650 g/mol. The highest BCUT2D eigenvalue weighted by Crippen LogP contribution is 2.44. The maximum atomic E-state index is 12.6. The fraction of sp³-hybridized carbons (Fsp3) is 0.649. The number of hydrogen-bond donors (Lipinski definition) is 0. The van der Waals surface area contributed by atoms with E-state index in [1.807, 2.05) is 24.3 Å². The molecule has 0 atom stereocenters. The van der Waals surface area contributed by atoms with Crippen molar-refractivity contribution in [3.63, 3.8) is 0 Å². The number of likely N-dealkylation sites (N-methyl/N-ethyl adjacent to an activating group) is 1. The molecule has 0 aliphatic heterocycles. The Morgan fingerprint density at radius 3 is 1.18 bits per heavy atom. The van der Waals surface area contributed by atoms with Crippen molar-refractivity contribution in [2.45, 2.75) is 5.92 Å². The van der Waals surface area contributed by atoms with Crippen LogP contribution in [-0.4, -0.2) is 164 Å². The third-order valence-corrected chi connectivity index (χ3v) is 7.63. The van der Waals surface area contributed by atoms with Gasteiger partial charge in [0.2, 0.25) is 0 Å². The van der Waals surface area contributed by atoms with Crippen LogP contribution in [0.5, 0.6) is 0 Å². The molecule has 13 heteroatoms. The molecule has 282 valence electrons. The first-order valence-corrected chi connectivity index (χ1v) is 17.5. The lowest BCUT2D eigenvalue weighted by atomic mass is 9.98. The minimum absolute atomic E-state index is 0.0407. The topological polar surface area (TPSA) is 122 Å². The van der Waals surface area contributed by atoms with Crippen LogP contribution in [0.4, 0.5) is 4.79 Å². The number of carbonyl (C=O) groups is 1. The fourth-order valence-corrected chi connectivity index (χ4v) is 5.00. The van der Waals surface area contributed by atoms with Gasteiger partial charge in [-0.3, -0.25) is 0 Å². The van der Waals surface area contributed by atoms with Crippen molar-refractivity contribution in [3.05, 3.63) is 59.7 Å². The molecule has 0 bridgehead atoms. The van der Waals surface area contributed by atoms with E-state index in [1.165, 1.54) is 27.2 Å². The Balaban J connectivity index is 1.00. The second kappa shape index (κ2) is 28.0. The van der Waals surface area contributed by atoms with Crippen molar-refractivity contribution in [1.82, 2.24) is 4.90 Å². The molecule has 2 aromatic carbocycles. The number of ether oxygens (including phenoxy) is 11. The maximum absolute atomic E-state index is 12.6. The van der Waals surface area contributed by atoms with E-state index in [0.717, 1.165) is 0 Å². The third kappa shape index (κ3) is 17.5. The molecule has 1 amide bonds. The second-order valence-corrected chi connectivity index (χ2v) is 11.2. The summed E-state index contributed by atoms with van der Waals surface area (Å²) in [5.41, 5.74) is 4.80. The van der Waals surface area contributed by atoms with Crippen molar-refractivity contribution in [2.24, 2.45) is 0 Å². The van der Waals surface area contributed by atoms with Gasteiger partial charge in [0.05, 0.1) is 126 Å². The number of carbonyl (C=O) groups excluding carboxylic acids is 1. The molecule has 0 spiro atoms. The summed E-state index contributed by atoms with van der Waals surface area (Å²) in [5.74, 6) is 0.0407. The summed E-state index contributed by atoms with van der Waals surface area (Å²) >= 11 is 0. The molecule has 0 radical (unpaired) electrons. The van der Waals surface area contributed by atoms with Gasteiger partial charge < -0.3 is 57.0 Å². The number of nitrogens with zero attached hydrogens (tertiary/aromatic N) is 1. The SMILES string of the molecule is COCCOCCOCCOCCOCCOCCOCCOCCOCCOCCN(C)C(=O)OCC1c2ccccc2-c2ccccc21. The van der Waals surface area contributed by atoms with E-state index in [1.54, 1.807) is 14.2 Å². The van der Waals surface area contributed by atoms with Crippen LogP contribution in [0.3, 0.4) is 0 Å². The maximum Gasteiger partial charge on any atom is 0.409 e. The second-order valence-electron chi connectivity index (χ2n) is 11.2. The standard InChI is InChI=1S/C37H57NO12/c1-38(37(39)50-31-36-34-9-5-3-7-32(34)33-8-4-6-10-35(33)36)11-12-41-15-16-43-19-20-45-23-24-47-27-28-49-30-29-48-26-25-46-22-21-44-18-17-42-14-13-40-2/h3-10,36H,11-31H2,1-2H3. The van der Waals surface area contributed by atoms with Gasteiger partial charge in [-0.15, -0.1) is 0 Å². The largest absolute Gasteiger partial charge is 0.448 e. The van der Waals surface area contributed by atoms with E-state index in [4.69, 9.17) is 52.1 Å². The first-order valence-electron chi connectivity index (χ1n) is 17.5. The van der Waals surface area contributed by atoms with Gasteiger partial charge >= 0.3 is 6.09 Å². The van der Waals surface area contributed by atoms with Crippen LogP contribution in [-0.2, 0) is 52.1 Å². The van der Waals surface area contributed by atoms with Crippen LogP contribution in [0.1, 0.15) is 17.0 Å². The fourth-order valence-electron chi connectivity index (χ4n) is 5.00. The van der Waals surface area contributed by atoms with Gasteiger partial charge in [-0.05, 0) is 22.3 Å². The van der Waals surface area contributed by atoms with Crippen molar-refractivity contribution in [3.8, 4) is 11.1 Å². The number of amides is 1. The normalized spacial score (nSPS) is 12.3. The smallest absolute Gasteiger partial charge is 0.409 e. The van der Waals surface area contributed by atoms with Crippen molar-refractivity contribution in [1.29, 1.82) is 0 Å². The van der Waals surface area contributed by atoms with Crippen LogP contribution in [0.15, 0.2) is 48.5 Å². The molecule has 0 aromatic heterocycles. The predicted octanol–water partition coefficient (Wildman–Crippen LogP) is 3.66. The Hall–Kier alpha value is -2.69. The molecule has 2 aromatic rings. The molecule has 0 fully saturated rings. The van der Waals surface area contributed by atoms with E-state index in [0.29, 0.717) is 139 Å². The first kappa shape index (κ1) is 41.7. The van der Waals surface area contributed by atoms with Crippen LogP contribution in [0, 0.1) is 0 Å².